The maximum atomic E-state index is 10.1. The number of benzene rings is 15. The maximum absolute atomic E-state index is 10.1. The van der Waals surface area contributed by atoms with Crippen molar-refractivity contribution < 1.29 is 11.0 Å². The van der Waals surface area contributed by atoms with Gasteiger partial charge in [0.05, 0.1) is 61.1 Å². The monoisotopic (exact) mass is 1640 g/mol. The van der Waals surface area contributed by atoms with Gasteiger partial charge in [-0.1, -0.05) is 325 Å². The molecule has 9 heteroatoms. The summed E-state index contributed by atoms with van der Waals surface area (Å²) in [4.78, 5) is 21.7. The van der Waals surface area contributed by atoms with Crippen LogP contribution in [-0.2, 0) is 32.5 Å². The molecule has 0 fully saturated rings. The van der Waals surface area contributed by atoms with E-state index in [-0.39, 0.29) is 48.9 Å². The highest BCUT2D eigenvalue weighted by atomic mass is 15.2. The first kappa shape index (κ1) is 70.7. The minimum Gasteiger partial charge on any atom is -0.311 e. The number of hydrogen-bond donors (Lipinski definition) is 0. The lowest BCUT2D eigenvalue weighted by molar-refractivity contribution is 0.590. The van der Waals surface area contributed by atoms with Gasteiger partial charge in [-0.15, -0.1) is 0 Å². The molecule has 6 heterocycles. The largest absolute Gasteiger partial charge is 0.311 e. The Balaban J connectivity index is 0.993. The van der Waals surface area contributed by atoms with Crippen molar-refractivity contribution >= 4 is 123 Å². The highest BCUT2D eigenvalue weighted by Crippen LogP contribution is 2.55. The Morgan fingerprint density at radius 1 is 0.246 bits per heavy atom. The van der Waals surface area contributed by atoms with E-state index >= 15 is 0 Å². The van der Waals surface area contributed by atoms with Crippen molar-refractivity contribution in [3.05, 3.63) is 355 Å². The van der Waals surface area contributed by atoms with Gasteiger partial charge in [-0.05, 0) is 215 Å². The molecule has 2 aliphatic rings. The molecule has 0 radical (unpaired) electrons. The van der Waals surface area contributed by atoms with Gasteiger partial charge >= 0.3 is 0 Å². The van der Waals surface area contributed by atoms with Gasteiger partial charge in [0.25, 0.3) is 6.71 Å². The zero-order valence-electron chi connectivity index (χ0n) is 83.1. The molecule has 8 nitrogen and oxygen atoms in total. The van der Waals surface area contributed by atoms with E-state index in [4.69, 9.17) is 15.0 Å². The molecule has 618 valence electrons. The van der Waals surface area contributed by atoms with Gasteiger partial charge in [0.15, 0.2) is 17.5 Å². The third kappa shape index (κ3) is 13.3. The van der Waals surface area contributed by atoms with Crippen molar-refractivity contribution in [1.82, 2.24) is 28.7 Å². The number of anilines is 6. The lowest BCUT2D eigenvalue weighted by atomic mass is 9.33. The van der Waals surface area contributed by atoms with Crippen LogP contribution in [0.25, 0.3) is 139 Å². The molecule has 0 amide bonds. The molecular weight excluding hydrogens is 1530 g/mol. The first-order chi connectivity index (χ1) is 63.6. The number of hydrogen-bond acceptors (Lipinski definition) is 5. The third-order valence-corrected chi connectivity index (χ3v) is 26.2. The van der Waals surface area contributed by atoms with E-state index in [2.05, 4.69) is 350 Å². The predicted octanol–water partition coefficient (Wildman–Crippen LogP) is 29.4. The lowest BCUT2D eigenvalue weighted by Crippen LogP contribution is -2.61. The van der Waals surface area contributed by atoms with E-state index in [1.807, 2.05) is 66.7 Å². The summed E-state index contributed by atoms with van der Waals surface area (Å²) in [5, 5.41) is 4.48. The second-order valence-corrected chi connectivity index (χ2v) is 40.8. The van der Waals surface area contributed by atoms with Crippen molar-refractivity contribution in [3.63, 3.8) is 0 Å². The van der Waals surface area contributed by atoms with E-state index in [0.717, 1.165) is 139 Å². The molecular formula is C117H107BN8. The average Bonchev–Trinajstić information content (AvgIpc) is 1.62. The normalized spacial score (nSPS) is 14.2. The Hall–Kier alpha value is -13.6. The fraction of sp³-hybridized carbons (Fsp3) is 0.205. The Morgan fingerprint density at radius 2 is 0.563 bits per heavy atom. The van der Waals surface area contributed by atoms with Crippen LogP contribution in [0.5, 0.6) is 0 Å². The summed E-state index contributed by atoms with van der Waals surface area (Å²) in [7, 11) is 0. The first-order valence-corrected chi connectivity index (χ1v) is 44.2. The van der Waals surface area contributed by atoms with Crippen LogP contribution in [0.1, 0.15) is 169 Å². The molecule has 19 aromatic rings. The van der Waals surface area contributed by atoms with E-state index in [1.54, 1.807) is 4.57 Å². The summed E-state index contributed by atoms with van der Waals surface area (Å²) < 4.78 is 84.0. The van der Waals surface area contributed by atoms with Crippen molar-refractivity contribution in [2.45, 2.75) is 157 Å². The number of fused-ring (bicyclic) bond motifs is 13. The average molecular weight is 1640 g/mol. The van der Waals surface area contributed by atoms with Crippen LogP contribution in [0, 0.1) is 0 Å². The lowest BCUT2D eigenvalue weighted by Gasteiger charge is -2.46. The number of nitrogens with zero attached hydrogens (tertiary/aromatic N) is 8. The molecule has 21 rings (SSSR count). The Morgan fingerprint density at radius 3 is 0.960 bits per heavy atom. The Labute approximate surface area is 752 Å². The van der Waals surface area contributed by atoms with Crippen molar-refractivity contribution in [1.29, 1.82) is 0 Å². The predicted molar refractivity (Wildman–Crippen MR) is 536 cm³/mol. The summed E-state index contributed by atoms with van der Waals surface area (Å²) in [6.07, 6.45) is 0. The van der Waals surface area contributed by atoms with Gasteiger partial charge in [-0.25, -0.2) is 15.0 Å². The van der Waals surface area contributed by atoms with E-state index in [1.165, 1.54) is 22.3 Å². The molecule has 126 heavy (non-hydrogen) atoms. The van der Waals surface area contributed by atoms with Crippen LogP contribution in [-0.4, -0.2) is 35.4 Å². The van der Waals surface area contributed by atoms with Crippen LogP contribution < -0.4 is 26.2 Å². The van der Waals surface area contributed by atoms with Gasteiger partial charge in [-0.2, -0.15) is 0 Å². The van der Waals surface area contributed by atoms with E-state index < -0.39 is 60.5 Å². The van der Waals surface area contributed by atoms with Crippen molar-refractivity contribution in [3.8, 4) is 73.5 Å². The topological polar surface area (TPSA) is 59.9 Å². The molecule has 15 aromatic carbocycles. The second kappa shape index (κ2) is 29.0. The van der Waals surface area contributed by atoms with E-state index in [9.17, 15) is 11.0 Å². The van der Waals surface area contributed by atoms with Crippen molar-refractivity contribution in [2.24, 2.45) is 0 Å². The number of aromatic nitrogens is 6. The molecule has 0 aliphatic carbocycles. The van der Waals surface area contributed by atoms with Gasteiger partial charge in [-0.3, -0.25) is 0 Å². The minimum absolute atomic E-state index is 0.00425. The molecule has 0 saturated carbocycles. The van der Waals surface area contributed by atoms with Gasteiger partial charge in [0.1, 0.15) is 0 Å². The number of rotatable bonds is 10. The van der Waals surface area contributed by atoms with Crippen LogP contribution in [0.4, 0.5) is 34.1 Å². The summed E-state index contributed by atoms with van der Waals surface area (Å²) >= 11 is 0. The fourth-order valence-electron chi connectivity index (χ4n) is 19.3. The molecule has 2 aliphatic heterocycles. The quantitative estimate of drug-likeness (QED) is 0.128. The Bertz CT molecular complexity index is 7820. The zero-order valence-corrected chi connectivity index (χ0v) is 75.1. The minimum atomic E-state index is -0.635. The highest BCUT2D eigenvalue weighted by molar-refractivity contribution is 7.00. The smallest absolute Gasteiger partial charge is 0.252 e. The van der Waals surface area contributed by atoms with Gasteiger partial charge < -0.3 is 23.5 Å². The van der Waals surface area contributed by atoms with Gasteiger partial charge in [0, 0.05) is 94.3 Å². The number of para-hydroxylation sites is 2. The molecule has 0 N–H and O–H groups in total. The SMILES string of the molecule is [2H]c1c([2H])c([2H])c2c(c1[2H])c1c([2H])c([2H])c([2H])c([2H])c1n2-c1ccc2c(c1)N(c1ccc(C(C)(C)C)cc1-c1nc(-c3ccccc3)nc(-c3ccccc3)n1)c1cc(-n3c4ccc(C(C)(C)C)cc4c4cc(C(C)(C)C)ccc43)cc3c1B2c1ccc(-n2c4ccc(C(C)(C)C)cc4c4cc(C(C)(C)C)ccc42)cc1N3c1c(-c2ccccc2)cc(C(C)(C)C)cc1-c1ccccc1. The third-order valence-electron chi connectivity index (χ3n) is 26.2. The standard InChI is InChI=1S/C117H107BN8/c1-112(2,3)76-47-56-98-89(61-76)90-62-77(113(4,5)6)48-57-99(90)123(98)83-53-55-95-104(69-83)126(108-87(72-35-23-19-24-36-72)66-81(117(16,17)18)67-88(108)73-37-25-20-26-38-73)106-71-84(124-100-58-49-78(114(7,8)9)63-91(100)92-64-79(115(10,11)12)50-59-101(92)124)70-105-107(106)118(95)94-54-52-82(122-96-45-33-31-43-85(96)86-44-32-34-46-97(86)122)68-103(94)125(105)102-60-51-80(116(13,14)15)65-93(102)111-120-109(74-39-27-21-28-40-74)119-110(121-111)75-41-29-22-30-42-75/h19-71H,1-18H3/i31D,32D,33D,34D,43D,44D,45D,46D. The summed E-state index contributed by atoms with van der Waals surface area (Å²) in [6, 6.07) is 96.1. The Kier molecular flexibility index (Phi) is 16.3. The molecule has 0 spiro atoms. The summed E-state index contributed by atoms with van der Waals surface area (Å²) in [5.74, 6) is 1.34. The second-order valence-electron chi connectivity index (χ2n) is 40.8. The maximum Gasteiger partial charge on any atom is 0.252 e. The van der Waals surface area contributed by atoms with Crippen LogP contribution in [0.3, 0.4) is 0 Å². The van der Waals surface area contributed by atoms with Crippen LogP contribution in [0.15, 0.2) is 321 Å². The van der Waals surface area contributed by atoms with Crippen LogP contribution in [0.2, 0.25) is 0 Å². The zero-order chi connectivity index (χ0) is 94.1. The summed E-state index contributed by atoms with van der Waals surface area (Å²) in [6.45, 7) is 40.4. The van der Waals surface area contributed by atoms with Crippen molar-refractivity contribution in [2.75, 3.05) is 9.80 Å². The molecule has 4 aromatic heterocycles. The molecule has 0 unspecified atom stereocenters. The highest BCUT2D eigenvalue weighted by Gasteiger charge is 2.47. The fourth-order valence-corrected chi connectivity index (χ4v) is 19.3. The van der Waals surface area contributed by atoms with Gasteiger partial charge in [0.2, 0.25) is 0 Å². The van der Waals surface area contributed by atoms with Crippen LogP contribution >= 0.6 is 0 Å². The molecule has 0 bridgehead atoms. The first-order valence-electron chi connectivity index (χ1n) is 48.2. The molecule has 0 atom stereocenters. The summed E-state index contributed by atoms with van der Waals surface area (Å²) in [5.41, 5.74) is 25.8. The van der Waals surface area contributed by atoms with E-state index in [0.29, 0.717) is 40.1 Å². The molecule has 0 saturated heterocycles.